The molecule has 1 unspecified atom stereocenters. The molecule has 1 atom stereocenters. The van der Waals surface area contributed by atoms with Gasteiger partial charge in [-0.3, -0.25) is 0 Å². The van der Waals surface area contributed by atoms with E-state index in [0.717, 1.165) is 28.7 Å². The van der Waals surface area contributed by atoms with Crippen molar-refractivity contribution >= 4 is 10.0 Å². The molecule has 0 amide bonds. The van der Waals surface area contributed by atoms with Crippen LogP contribution in [0.1, 0.15) is 28.7 Å². The van der Waals surface area contributed by atoms with E-state index < -0.39 is 15.6 Å². The molecule has 1 aliphatic carbocycles. The molecule has 25 heavy (non-hydrogen) atoms. The molecule has 2 aromatic carbocycles. The molecule has 0 aromatic heterocycles. The van der Waals surface area contributed by atoms with Crippen LogP contribution in [0.4, 0.5) is 0 Å². The SMILES string of the molecule is COc1cc(C)c(C)cc1S(=O)(=O)NCC1(O)CCc2ccccc21. The predicted molar refractivity (Wildman–Crippen MR) is 96.3 cm³/mol. The highest BCUT2D eigenvalue weighted by atomic mass is 32.2. The van der Waals surface area contributed by atoms with Crippen molar-refractivity contribution in [3.63, 3.8) is 0 Å². The zero-order valence-electron chi connectivity index (χ0n) is 14.7. The molecule has 0 heterocycles. The van der Waals surface area contributed by atoms with Crippen LogP contribution >= 0.6 is 0 Å². The summed E-state index contributed by atoms with van der Waals surface area (Å²) in [7, 11) is -2.36. The normalized spacial score (nSPS) is 19.7. The van der Waals surface area contributed by atoms with Crippen molar-refractivity contribution in [3.8, 4) is 5.75 Å². The van der Waals surface area contributed by atoms with Gasteiger partial charge in [-0.15, -0.1) is 0 Å². The van der Waals surface area contributed by atoms with Gasteiger partial charge in [0.15, 0.2) is 0 Å². The smallest absolute Gasteiger partial charge is 0.244 e. The Morgan fingerprint density at radius 1 is 1.20 bits per heavy atom. The molecule has 0 saturated heterocycles. The first-order valence-electron chi connectivity index (χ1n) is 8.22. The van der Waals surface area contributed by atoms with Crippen molar-refractivity contribution in [2.75, 3.05) is 13.7 Å². The minimum absolute atomic E-state index is 0.0670. The molecular formula is C19H23NO4S. The Balaban J connectivity index is 1.88. The quantitative estimate of drug-likeness (QED) is 0.858. The van der Waals surface area contributed by atoms with Crippen LogP contribution < -0.4 is 9.46 Å². The summed E-state index contributed by atoms with van der Waals surface area (Å²) in [6, 6.07) is 10.9. The third-order valence-corrected chi connectivity index (χ3v) is 6.37. The van der Waals surface area contributed by atoms with E-state index in [9.17, 15) is 13.5 Å². The number of aryl methyl sites for hydroxylation is 3. The van der Waals surface area contributed by atoms with Gasteiger partial charge in [0, 0.05) is 6.54 Å². The van der Waals surface area contributed by atoms with Gasteiger partial charge in [-0.05, 0) is 61.1 Å². The molecule has 5 nitrogen and oxygen atoms in total. The van der Waals surface area contributed by atoms with Gasteiger partial charge in [-0.1, -0.05) is 24.3 Å². The fourth-order valence-electron chi connectivity index (χ4n) is 3.28. The third kappa shape index (κ3) is 3.29. The second-order valence-corrected chi connectivity index (χ2v) is 8.34. The van der Waals surface area contributed by atoms with E-state index >= 15 is 0 Å². The highest BCUT2D eigenvalue weighted by Crippen LogP contribution is 2.36. The second-order valence-electron chi connectivity index (χ2n) is 6.60. The Kier molecular flexibility index (Phi) is 4.62. The Labute approximate surface area is 148 Å². The number of ether oxygens (including phenoxy) is 1. The lowest BCUT2D eigenvalue weighted by atomic mass is 9.96. The number of hydrogen-bond acceptors (Lipinski definition) is 4. The molecule has 2 aromatic rings. The monoisotopic (exact) mass is 361 g/mol. The maximum atomic E-state index is 12.8. The minimum Gasteiger partial charge on any atom is -0.495 e. The average Bonchev–Trinajstić information content (AvgIpc) is 2.93. The van der Waals surface area contributed by atoms with Crippen LogP contribution in [0.5, 0.6) is 5.75 Å². The van der Waals surface area contributed by atoms with Crippen molar-refractivity contribution in [1.29, 1.82) is 0 Å². The highest BCUT2D eigenvalue weighted by Gasteiger charge is 2.37. The van der Waals surface area contributed by atoms with Crippen LogP contribution in [0.15, 0.2) is 41.3 Å². The van der Waals surface area contributed by atoms with Crippen molar-refractivity contribution in [2.24, 2.45) is 0 Å². The van der Waals surface area contributed by atoms with E-state index in [1.165, 1.54) is 7.11 Å². The van der Waals surface area contributed by atoms with E-state index in [4.69, 9.17) is 4.74 Å². The summed E-state index contributed by atoms with van der Waals surface area (Å²) >= 11 is 0. The molecule has 2 N–H and O–H groups in total. The summed E-state index contributed by atoms with van der Waals surface area (Å²) in [6.07, 6.45) is 1.24. The number of fused-ring (bicyclic) bond motifs is 1. The summed E-state index contributed by atoms with van der Waals surface area (Å²) in [5.41, 5.74) is 2.50. The summed E-state index contributed by atoms with van der Waals surface area (Å²) in [4.78, 5) is 0.0907. The number of methoxy groups -OCH3 is 1. The van der Waals surface area contributed by atoms with Gasteiger partial charge in [-0.2, -0.15) is 0 Å². The van der Waals surface area contributed by atoms with Crippen LogP contribution in [0.25, 0.3) is 0 Å². The molecule has 1 aliphatic rings. The van der Waals surface area contributed by atoms with Gasteiger partial charge in [-0.25, -0.2) is 13.1 Å². The number of hydrogen-bond donors (Lipinski definition) is 2. The molecule has 6 heteroatoms. The standard InChI is InChI=1S/C19H23NO4S/c1-13-10-17(24-3)18(11-14(13)2)25(22,23)20-12-19(21)9-8-15-6-4-5-7-16(15)19/h4-7,10-11,20-21H,8-9,12H2,1-3H3. The van der Waals surface area contributed by atoms with E-state index in [0.29, 0.717) is 12.2 Å². The minimum atomic E-state index is -3.81. The third-order valence-electron chi connectivity index (χ3n) is 4.95. The van der Waals surface area contributed by atoms with Gasteiger partial charge < -0.3 is 9.84 Å². The van der Waals surface area contributed by atoms with Crippen LogP contribution in [-0.2, 0) is 22.0 Å². The van der Waals surface area contributed by atoms with Gasteiger partial charge in [0.25, 0.3) is 0 Å². The van der Waals surface area contributed by atoms with Crippen molar-refractivity contribution in [1.82, 2.24) is 4.72 Å². The molecule has 134 valence electrons. The van der Waals surface area contributed by atoms with E-state index in [1.54, 1.807) is 12.1 Å². The van der Waals surface area contributed by atoms with Crippen molar-refractivity contribution < 1.29 is 18.3 Å². The zero-order valence-corrected chi connectivity index (χ0v) is 15.5. The van der Waals surface area contributed by atoms with Gasteiger partial charge in [0.1, 0.15) is 16.2 Å². The molecular weight excluding hydrogens is 338 g/mol. The van der Waals surface area contributed by atoms with E-state index in [2.05, 4.69) is 4.72 Å². The van der Waals surface area contributed by atoms with Crippen molar-refractivity contribution in [2.45, 2.75) is 37.2 Å². The Morgan fingerprint density at radius 2 is 1.88 bits per heavy atom. The average molecular weight is 361 g/mol. The molecule has 0 saturated carbocycles. The second kappa shape index (κ2) is 6.44. The maximum Gasteiger partial charge on any atom is 0.244 e. The van der Waals surface area contributed by atoms with E-state index in [1.807, 2.05) is 38.1 Å². The largest absolute Gasteiger partial charge is 0.495 e. The van der Waals surface area contributed by atoms with Crippen LogP contribution in [-0.4, -0.2) is 27.2 Å². The van der Waals surface area contributed by atoms with Crippen LogP contribution in [0, 0.1) is 13.8 Å². The fourth-order valence-corrected chi connectivity index (χ4v) is 4.60. The Bertz CT molecular complexity index is 908. The van der Waals surface area contributed by atoms with E-state index in [-0.39, 0.29) is 11.4 Å². The predicted octanol–water partition coefficient (Wildman–Crippen LogP) is 2.42. The van der Waals surface area contributed by atoms with Gasteiger partial charge >= 0.3 is 0 Å². The lowest BCUT2D eigenvalue weighted by molar-refractivity contribution is 0.0442. The number of aliphatic hydroxyl groups is 1. The summed E-state index contributed by atoms with van der Waals surface area (Å²) < 4.78 is 33.4. The number of sulfonamides is 1. The molecule has 0 aliphatic heterocycles. The lowest BCUT2D eigenvalue weighted by Gasteiger charge is -2.24. The number of nitrogens with one attached hydrogen (secondary N) is 1. The molecule has 0 fully saturated rings. The number of rotatable bonds is 5. The first kappa shape index (κ1) is 17.9. The first-order valence-corrected chi connectivity index (χ1v) is 9.71. The van der Waals surface area contributed by atoms with Crippen LogP contribution in [0.3, 0.4) is 0 Å². The zero-order chi connectivity index (χ0) is 18.2. The summed E-state index contributed by atoms with van der Waals surface area (Å²) in [5, 5.41) is 10.9. The van der Waals surface area contributed by atoms with Gasteiger partial charge in [0.2, 0.25) is 10.0 Å². The molecule has 0 bridgehead atoms. The number of benzene rings is 2. The summed E-state index contributed by atoms with van der Waals surface area (Å²) in [5.74, 6) is 0.300. The highest BCUT2D eigenvalue weighted by molar-refractivity contribution is 7.89. The van der Waals surface area contributed by atoms with Crippen molar-refractivity contribution in [3.05, 3.63) is 58.7 Å². The Hall–Kier alpha value is -1.89. The molecule has 3 rings (SSSR count). The molecule has 0 spiro atoms. The van der Waals surface area contributed by atoms with Gasteiger partial charge in [0.05, 0.1) is 7.11 Å². The fraction of sp³-hybridized carbons (Fsp3) is 0.368. The topological polar surface area (TPSA) is 75.6 Å². The van der Waals surface area contributed by atoms with Crippen LogP contribution in [0.2, 0.25) is 0 Å². The summed E-state index contributed by atoms with van der Waals surface area (Å²) in [6.45, 7) is 3.69. The maximum absolute atomic E-state index is 12.8. The molecule has 0 radical (unpaired) electrons. The lowest BCUT2D eigenvalue weighted by Crippen LogP contribution is -2.39. The Morgan fingerprint density at radius 3 is 2.60 bits per heavy atom. The first-order chi connectivity index (χ1) is 11.8.